The van der Waals surface area contributed by atoms with E-state index < -0.39 is 27.7 Å². The summed E-state index contributed by atoms with van der Waals surface area (Å²) in [5.41, 5.74) is -0.829. The summed E-state index contributed by atoms with van der Waals surface area (Å²) >= 11 is 0. The molecule has 0 aromatic heterocycles. The molecule has 11 heteroatoms. The number of hydrogen-bond donors (Lipinski definition) is 3. The summed E-state index contributed by atoms with van der Waals surface area (Å²) < 4.78 is 65.8. The number of alkyl halides is 3. The fraction of sp³-hybridized carbons (Fsp3) is 0.611. The van der Waals surface area contributed by atoms with E-state index in [0.717, 1.165) is 12.1 Å². The number of sulfone groups is 1. The van der Waals surface area contributed by atoms with Gasteiger partial charge in [-0.3, -0.25) is 4.99 Å². The minimum atomic E-state index is -4.47. The molecule has 0 aliphatic rings. The third kappa shape index (κ3) is 10.9. The number of rotatable bonds is 10. The number of halogens is 3. The fourth-order valence-corrected chi connectivity index (χ4v) is 3.00. The van der Waals surface area contributed by atoms with Crippen molar-refractivity contribution in [1.29, 1.82) is 0 Å². The first-order valence-electron chi connectivity index (χ1n) is 9.11. The van der Waals surface area contributed by atoms with Gasteiger partial charge in [0.05, 0.1) is 17.9 Å². The Hall–Kier alpha value is -2.01. The van der Waals surface area contributed by atoms with Crippen LogP contribution in [0.3, 0.4) is 0 Å². The van der Waals surface area contributed by atoms with E-state index in [4.69, 9.17) is 4.74 Å². The van der Waals surface area contributed by atoms with Gasteiger partial charge in [-0.1, -0.05) is 6.07 Å². The molecule has 0 aliphatic heterocycles. The van der Waals surface area contributed by atoms with E-state index in [1.807, 2.05) is 13.8 Å². The summed E-state index contributed by atoms with van der Waals surface area (Å²) in [5.74, 6) is 0.433. The molecule has 0 heterocycles. The third-order valence-corrected chi connectivity index (χ3v) is 4.69. The van der Waals surface area contributed by atoms with E-state index in [1.165, 1.54) is 18.4 Å². The van der Waals surface area contributed by atoms with Crippen molar-refractivity contribution in [2.24, 2.45) is 4.99 Å². The molecule has 7 nitrogen and oxygen atoms in total. The maximum Gasteiger partial charge on any atom is 0.416 e. The zero-order valence-corrected chi connectivity index (χ0v) is 17.5. The number of hydrogen-bond acceptors (Lipinski definition) is 5. The number of guanidine groups is 1. The van der Waals surface area contributed by atoms with Crippen molar-refractivity contribution in [1.82, 2.24) is 10.6 Å². The number of aliphatic imine (C=N–C) groups is 1. The standard InChI is InChI=1S/C18H28F3N3O4S/c1-4-22-17(24-13(2)8-9-29(3,26)27)23-11-15(25)12-28-16-7-5-6-14(10-16)18(19,20)21/h5-7,10,13,15,25H,4,8-9,11-12H2,1-3H3,(H2,22,23,24). The van der Waals surface area contributed by atoms with Crippen molar-refractivity contribution < 1.29 is 31.4 Å². The average molecular weight is 440 g/mol. The molecule has 1 aromatic carbocycles. The van der Waals surface area contributed by atoms with Gasteiger partial charge in [-0.25, -0.2) is 8.42 Å². The van der Waals surface area contributed by atoms with Crippen molar-refractivity contribution in [2.45, 2.75) is 38.6 Å². The minimum absolute atomic E-state index is 0.00211. The predicted molar refractivity (Wildman–Crippen MR) is 106 cm³/mol. The Labute approximate surface area is 169 Å². The van der Waals surface area contributed by atoms with Crippen LogP contribution in [0.4, 0.5) is 13.2 Å². The van der Waals surface area contributed by atoms with Gasteiger partial charge in [-0.2, -0.15) is 13.2 Å². The van der Waals surface area contributed by atoms with Gasteiger partial charge in [0, 0.05) is 18.8 Å². The Balaban J connectivity index is 2.57. The molecule has 0 bridgehead atoms. The molecule has 0 fully saturated rings. The molecule has 0 amide bonds. The van der Waals surface area contributed by atoms with Crippen LogP contribution in [0.15, 0.2) is 29.3 Å². The first kappa shape index (κ1) is 25.0. The number of aliphatic hydroxyl groups is 1. The van der Waals surface area contributed by atoms with Crippen molar-refractivity contribution in [3.63, 3.8) is 0 Å². The normalized spacial score (nSPS) is 14.9. The molecule has 3 N–H and O–H groups in total. The lowest BCUT2D eigenvalue weighted by molar-refractivity contribution is -0.137. The van der Waals surface area contributed by atoms with Gasteiger partial charge in [0.1, 0.15) is 28.3 Å². The lowest BCUT2D eigenvalue weighted by atomic mass is 10.2. The maximum absolute atomic E-state index is 12.7. The summed E-state index contributed by atoms with van der Waals surface area (Å²) in [6.45, 7) is 3.94. The van der Waals surface area contributed by atoms with Gasteiger partial charge in [-0.15, -0.1) is 0 Å². The zero-order chi connectivity index (χ0) is 22.1. The van der Waals surface area contributed by atoms with Crippen LogP contribution in [-0.2, 0) is 16.0 Å². The molecule has 1 rings (SSSR count). The SMILES string of the molecule is CCNC(=NCC(O)COc1cccc(C(F)(F)F)c1)NC(C)CCS(C)(=O)=O. The topological polar surface area (TPSA) is 100 Å². The molecule has 0 saturated heterocycles. The Morgan fingerprint density at radius 2 is 2.03 bits per heavy atom. The highest BCUT2D eigenvalue weighted by atomic mass is 32.2. The van der Waals surface area contributed by atoms with Gasteiger partial charge < -0.3 is 20.5 Å². The molecular weight excluding hydrogens is 411 g/mol. The van der Waals surface area contributed by atoms with Crippen molar-refractivity contribution in [2.75, 3.05) is 31.7 Å². The Bertz CT molecular complexity index is 770. The van der Waals surface area contributed by atoms with Crippen LogP contribution < -0.4 is 15.4 Å². The summed E-state index contributed by atoms with van der Waals surface area (Å²) in [5, 5.41) is 16.0. The number of aliphatic hydroxyl groups excluding tert-OH is 1. The van der Waals surface area contributed by atoms with E-state index in [1.54, 1.807) is 0 Å². The van der Waals surface area contributed by atoms with E-state index in [0.29, 0.717) is 18.9 Å². The van der Waals surface area contributed by atoms with E-state index in [9.17, 15) is 26.7 Å². The highest BCUT2D eigenvalue weighted by Gasteiger charge is 2.30. The second kappa shape index (κ2) is 11.2. The van der Waals surface area contributed by atoms with Crippen LogP contribution in [0.5, 0.6) is 5.75 Å². The monoisotopic (exact) mass is 439 g/mol. The Kier molecular flexibility index (Phi) is 9.71. The first-order valence-corrected chi connectivity index (χ1v) is 11.2. The molecule has 2 atom stereocenters. The Morgan fingerprint density at radius 1 is 1.34 bits per heavy atom. The maximum atomic E-state index is 12.7. The van der Waals surface area contributed by atoms with Crippen LogP contribution >= 0.6 is 0 Å². The van der Waals surface area contributed by atoms with Gasteiger partial charge in [-0.05, 0) is 38.5 Å². The first-order chi connectivity index (χ1) is 13.4. The second-order valence-corrected chi connectivity index (χ2v) is 8.93. The zero-order valence-electron chi connectivity index (χ0n) is 16.7. The number of nitrogens with zero attached hydrogens (tertiary/aromatic N) is 1. The van der Waals surface area contributed by atoms with Gasteiger partial charge in [0.2, 0.25) is 0 Å². The largest absolute Gasteiger partial charge is 0.491 e. The molecule has 0 aliphatic carbocycles. The van der Waals surface area contributed by atoms with Crippen molar-refractivity contribution in [3.05, 3.63) is 29.8 Å². The molecule has 0 radical (unpaired) electrons. The fourth-order valence-electron chi connectivity index (χ4n) is 2.22. The lowest BCUT2D eigenvalue weighted by Crippen LogP contribution is -2.43. The third-order valence-electron chi connectivity index (χ3n) is 3.71. The van der Waals surface area contributed by atoms with E-state index >= 15 is 0 Å². The molecule has 1 aromatic rings. The molecular formula is C18H28F3N3O4S. The lowest BCUT2D eigenvalue weighted by Gasteiger charge is -2.18. The van der Waals surface area contributed by atoms with Crippen LogP contribution in [0.25, 0.3) is 0 Å². The van der Waals surface area contributed by atoms with Crippen LogP contribution in [0.1, 0.15) is 25.8 Å². The summed E-state index contributed by atoms with van der Waals surface area (Å²) in [7, 11) is -3.07. The average Bonchev–Trinajstić information content (AvgIpc) is 2.62. The molecule has 0 saturated carbocycles. The summed E-state index contributed by atoms with van der Waals surface area (Å²) in [6.07, 6.45) is -3.95. The van der Waals surface area contributed by atoms with Gasteiger partial charge in [0.25, 0.3) is 0 Å². The number of nitrogens with one attached hydrogen (secondary N) is 2. The number of benzene rings is 1. The highest BCUT2D eigenvalue weighted by Crippen LogP contribution is 2.31. The van der Waals surface area contributed by atoms with Crippen LogP contribution in [0, 0.1) is 0 Å². The highest BCUT2D eigenvalue weighted by molar-refractivity contribution is 7.90. The van der Waals surface area contributed by atoms with Crippen molar-refractivity contribution in [3.8, 4) is 5.75 Å². The van der Waals surface area contributed by atoms with E-state index in [2.05, 4.69) is 15.6 Å². The Morgan fingerprint density at radius 3 is 2.62 bits per heavy atom. The second-order valence-electron chi connectivity index (χ2n) is 6.67. The smallest absolute Gasteiger partial charge is 0.416 e. The van der Waals surface area contributed by atoms with Crippen LogP contribution in [-0.4, -0.2) is 63.3 Å². The summed E-state index contributed by atoms with van der Waals surface area (Å²) in [4.78, 5) is 4.20. The minimum Gasteiger partial charge on any atom is -0.491 e. The molecule has 166 valence electrons. The van der Waals surface area contributed by atoms with Crippen molar-refractivity contribution >= 4 is 15.8 Å². The molecule has 0 spiro atoms. The van der Waals surface area contributed by atoms with E-state index in [-0.39, 0.29) is 30.7 Å². The van der Waals surface area contributed by atoms with Gasteiger partial charge >= 0.3 is 6.18 Å². The molecule has 2 unspecified atom stereocenters. The van der Waals surface area contributed by atoms with Crippen LogP contribution in [0.2, 0.25) is 0 Å². The summed E-state index contributed by atoms with van der Waals surface area (Å²) in [6, 6.07) is 4.24. The van der Waals surface area contributed by atoms with Gasteiger partial charge in [0.15, 0.2) is 5.96 Å². The number of ether oxygens (including phenoxy) is 1. The predicted octanol–water partition coefficient (Wildman–Crippen LogP) is 1.82. The molecule has 29 heavy (non-hydrogen) atoms. The quantitative estimate of drug-likeness (QED) is 0.380.